The van der Waals surface area contributed by atoms with E-state index in [0.29, 0.717) is 6.54 Å². The predicted molar refractivity (Wildman–Crippen MR) is 103 cm³/mol. The smallest absolute Gasteiger partial charge is 0.0573 e. The van der Waals surface area contributed by atoms with Crippen LogP contribution in [-0.4, -0.2) is 21.4 Å². The highest BCUT2D eigenvalue weighted by molar-refractivity contribution is 7.08. The molecule has 0 saturated heterocycles. The van der Waals surface area contributed by atoms with Gasteiger partial charge in [-0.2, -0.15) is 11.3 Å². The van der Waals surface area contributed by atoms with E-state index in [-0.39, 0.29) is 0 Å². The third kappa shape index (κ3) is 4.95. The summed E-state index contributed by atoms with van der Waals surface area (Å²) in [5.41, 5.74) is 11.9. The van der Waals surface area contributed by atoms with Crippen molar-refractivity contribution in [2.24, 2.45) is 5.73 Å². The molecule has 0 unspecified atom stereocenters. The monoisotopic (exact) mass is 352 g/mol. The molecule has 5 heteroatoms. The van der Waals surface area contributed by atoms with Crippen molar-refractivity contribution < 1.29 is 0 Å². The van der Waals surface area contributed by atoms with Gasteiger partial charge in [-0.25, -0.2) is 0 Å². The zero-order chi connectivity index (χ0) is 17.5. The van der Waals surface area contributed by atoms with Crippen LogP contribution in [0.3, 0.4) is 0 Å². The minimum absolute atomic E-state index is 0.593. The summed E-state index contributed by atoms with van der Waals surface area (Å²) < 4.78 is 0. The molecule has 0 saturated carbocycles. The number of hydrogen-bond donors (Lipinski definition) is 1. The van der Waals surface area contributed by atoms with Gasteiger partial charge >= 0.3 is 0 Å². The first kappa shape index (κ1) is 17.7. The van der Waals surface area contributed by atoms with Gasteiger partial charge in [-0.1, -0.05) is 12.1 Å². The first-order valence-corrected chi connectivity index (χ1v) is 9.47. The topological polar surface area (TPSA) is 55.0 Å². The zero-order valence-electron chi connectivity index (χ0n) is 14.6. The van der Waals surface area contributed by atoms with Crippen LogP contribution in [0.15, 0.2) is 53.5 Å². The molecule has 130 valence electrons. The van der Waals surface area contributed by atoms with Gasteiger partial charge in [0.25, 0.3) is 0 Å². The minimum Gasteiger partial charge on any atom is -0.326 e. The summed E-state index contributed by atoms with van der Waals surface area (Å²) in [4.78, 5) is 11.4. The molecule has 4 nitrogen and oxygen atoms in total. The molecule has 0 atom stereocenters. The standard InChI is InChI=1S/C20H24N4S/c1-16-5-4-9-23-20(16)13-24(10-7-19-6-2-3-8-22-19)12-18-15-25-14-17(18)11-21/h2-6,8-9,14-15H,7,10-13,21H2,1H3. The number of hydrogen-bond acceptors (Lipinski definition) is 5. The fourth-order valence-corrected chi connectivity index (χ4v) is 3.71. The van der Waals surface area contributed by atoms with E-state index in [1.807, 2.05) is 30.6 Å². The number of aromatic nitrogens is 2. The molecule has 0 fully saturated rings. The highest BCUT2D eigenvalue weighted by atomic mass is 32.1. The Morgan fingerprint density at radius 1 is 1.00 bits per heavy atom. The van der Waals surface area contributed by atoms with Crippen molar-refractivity contribution in [3.05, 3.63) is 81.6 Å². The van der Waals surface area contributed by atoms with E-state index >= 15 is 0 Å². The number of pyridine rings is 2. The van der Waals surface area contributed by atoms with Gasteiger partial charge in [-0.3, -0.25) is 14.9 Å². The predicted octanol–water partition coefficient (Wildman–Crippen LogP) is 3.55. The Labute approximate surface area is 153 Å². The molecule has 0 aliphatic heterocycles. The lowest BCUT2D eigenvalue weighted by Crippen LogP contribution is -2.27. The van der Waals surface area contributed by atoms with Crippen molar-refractivity contribution in [2.75, 3.05) is 6.54 Å². The summed E-state index contributed by atoms with van der Waals surface area (Å²) in [6.45, 7) is 5.37. The highest BCUT2D eigenvalue weighted by Crippen LogP contribution is 2.19. The van der Waals surface area contributed by atoms with Crippen LogP contribution in [0.4, 0.5) is 0 Å². The van der Waals surface area contributed by atoms with E-state index in [9.17, 15) is 0 Å². The summed E-state index contributed by atoms with van der Waals surface area (Å²) in [7, 11) is 0. The Balaban J connectivity index is 1.74. The van der Waals surface area contributed by atoms with Crippen molar-refractivity contribution in [3.8, 4) is 0 Å². The Morgan fingerprint density at radius 2 is 1.84 bits per heavy atom. The summed E-state index contributed by atoms with van der Waals surface area (Å²) in [5, 5.41) is 4.36. The maximum Gasteiger partial charge on any atom is 0.0573 e. The van der Waals surface area contributed by atoms with Gasteiger partial charge in [0.05, 0.1) is 5.69 Å². The molecular weight excluding hydrogens is 328 g/mol. The lowest BCUT2D eigenvalue weighted by Gasteiger charge is -2.23. The summed E-state index contributed by atoms with van der Waals surface area (Å²) in [5.74, 6) is 0. The molecule has 0 amide bonds. The van der Waals surface area contributed by atoms with Crippen molar-refractivity contribution in [2.45, 2.75) is 33.0 Å². The zero-order valence-corrected chi connectivity index (χ0v) is 15.4. The van der Waals surface area contributed by atoms with E-state index in [0.717, 1.165) is 37.4 Å². The molecule has 0 bridgehead atoms. The molecule has 3 heterocycles. The Kier molecular flexibility index (Phi) is 6.28. The maximum absolute atomic E-state index is 5.88. The molecule has 3 rings (SSSR count). The van der Waals surface area contributed by atoms with E-state index in [4.69, 9.17) is 5.73 Å². The fraction of sp³-hybridized carbons (Fsp3) is 0.300. The molecule has 0 aliphatic carbocycles. The average Bonchev–Trinajstić information content (AvgIpc) is 3.09. The lowest BCUT2D eigenvalue weighted by molar-refractivity contribution is 0.255. The summed E-state index contributed by atoms with van der Waals surface area (Å²) in [6.07, 6.45) is 4.65. The second kappa shape index (κ2) is 8.85. The van der Waals surface area contributed by atoms with Crippen molar-refractivity contribution in [1.29, 1.82) is 0 Å². The van der Waals surface area contributed by atoms with Gasteiger partial charge < -0.3 is 5.73 Å². The molecule has 2 N–H and O–H groups in total. The normalized spacial score (nSPS) is 11.2. The van der Waals surface area contributed by atoms with Crippen LogP contribution in [0.2, 0.25) is 0 Å². The van der Waals surface area contributed by atoms with Crippen LogP contribution in [0.1, 0.15) is 28.1 Å². The summed E-state index contributed by atoms with van der Waals surface area (Å²) in [6, 6.07) is 10.2. The second-order valence-electron chi connectivity index (χ2n) is 6.18. The van der Waals surface area contributed by atoms with Crippen LogP contribution in [0, 0.1) is 6.92 Å². The van der Waals surface area contributed by atoms with Crippen LogP contribution in [-0.2, 0) is 26.1 Å². The SMILES string of the molecule is Cc1cccnc1CN(CCc1ccccn1)Cc1cscc1CN. The molecular formula is C20H24N4S. The maximum atomic E-state index is 5.88. The molecule has 0 aromatic carbocycles. The van der Waals surface area contributed by atoms with E-state index in [1.165, 1.54) is 16.7 Å². The average molecular weight is 353 g/mol. The van der Waals surface area contributed by atoms with Gasteiger partial charge in [-0.05, 0) is 52.6 Å². The van der Waals surface area contributed by atoms with Crippen LogP contribution in [0.5, 0.6) is 0 Å². The first-order chi connectivity index (χ1) is 12.3. The molecule has 0 aliphatic rings. The van der Waals surface area contributed by atoms with Gasteiger partial charge in [0.2, 0.25) is 0 Å². The van der Waals surface area contributed by atoms with Crippen molar-refractivity contribution in [3.63, 3.8) is 0 Å². The van der Waals surface area contributed by atoms with E-state index < -0.39 is 0 Å². The fourth-order valence-electron chi connectivity index (χ4n) is 2.84. The molecule has 25 heavy (non-hydrogen) atoms. The number of nitrogens with two attached hydrogens (primary N) is 1. The van der Waals surface area contributed by atoms with Crippen LogP contribution >= 0.6 is 11.3 Å². The number of thiophene rings is 1. The quantitative estimate of drug-likeness (QED) is 0.673. The van der Waals surface area contributed by atoms with Gasteiger partial charge in [0.15, 0.2) is 0 Å². The second-order valence-corrected chi connectivity index (χ2v) is 6.92. The first-order valence-electron chi connectivity index (χ1n) is 8.53. The number of nitrogens with zero attached hydrogens (tertiary/aromatic N) is 3. The largest absolute Gasteiger partial charge is 0.326 e. The Morgan fingerprint density at radius 3 is 2.60 bits per heavy atom. The number of rotatable bonds is 8. The molecule has 3 aromatic heterocycles. The summed E-state index contributed by atoms with van der Waals surface area (Å²) >= 11 is 1.72. The molecule has 0 spiro atoms. The highest BCUT2D eigenvalue weighted by Gasteiger charge is 2.13. The third-order valence-corrected chi connectivity index (χ3v) is 5.19. The van der Waals surface area contributed by atoms with Crippen molar-refractivity contribution >= 4 is 11.3 Å². The van der Waals surface area contributed by atoms with Gasteiger partial charge in [0, 0.05) is 50.7 Å². The van der Waals surface area contributed by atoms with Gasteiger partial charge in [-0.15, -0.1) is 0 Å². The lowest BCUT2D eigenvalue weighted by atomic mass is 10.1. The van der Waals surface area contributed by atoms with Crippen LogP contribution < -0.4 is 5.73 Å². The number of aryl methyl sites for hydroxylation is 1. The van der Waals surface area contributed by atoms with Crippen molar-refractivity contribution in [1.82, 2.24) is 14.9 Å². The van der Waals surface area contributed by atoms with Crippen LogP contribution in [0.25, 0.3) is 0 Å². The Bertz CT molecular complexity index is 785. The molecule has 0 radical (unpaired) electrons. The van der Waals surface area contributed by atoms with E-state index in [1.54, 1.807) is 11.3 Å². The third-order valence-electron chi connectivity index (χ3n) is 4.35. The Hall–Kier alpha value is -2.08. The van der Waals surface area contributed by atoms with Gasteiger partial charge in [0.1, 0.15) is 0 Å². The van der Waals surface area contributed by atoms with E-state index in [2.05, 4.69) is 44.7 Å². The minimum atomic E-state index is 0.593. The molecule has 3 aromatic rings.